The predicted molar refractivity (Wildman–Crippen MR) is 74.9 cm³/mol. The fourth-order valence-corrected chi connectivity index (χ4v) is 2.28. The molecule has 5 heteroatoms. The van der Waals surface area contributed by atoms with E-state index >= 15 is 0 Å². The van der Waals surface area contributed by atoms with Gasteiger partial charge in [0.25, 0.3) is 0 Å². The SMILES string of the molecule is CCC(CC)(CN)Cc1nnnn1-c1ccccc1. The van der Waals surface area contributed by atoms with Crippen molar-refractivity contribution in [3.8, 4) is 5.69 Å². The van der Waals surface area contributed by atoms with Crippen LogP contribution in [-0.2, 0) is 6.42 Å². The third kappa shape index (κ3) is 2.81. The Labute approximate surface area is 113 Å². The molecule has 5 nitrogen and oxygen atoms in total. The topological polar surface area (TPSA) is 69.6 Å². The summed E-state index contributed by atoms with van der Waals surface area (Å²) in [6.45, 7) is 5.00. The van der Waals surface area contributed by atoms with Gasteiger partial charge in [0.1, 0.15) is 0 Å². The van der Waals surface area contributed by atoms with Gasteiger partial charge in [-0.3, -0.25) is 0 Å². The van der Waals surface area contributed by atoms with Gasteiger partial charge in [0.15, 0.2) is 5.82 Å². The first-order valence-electron chi connectivity index (χ1n) is 6.77. The maximum atomic E-state index is 5.96. The Hall–Kier alpha value is -1.75. The summed E-state index contributed by atoms with van der Waals surface area (Å²) in [5.41, 5.74) is 7.03. The van der Waals surface area contributed by atoms with Crippen LogP contribution in [0.3, 0.4) is 0 Å². The smallest absolute Gasteiger partial charge is 0.157 e. The molecule has 2 rings (SSSR count). The highest BCUT2D eigenvalue weighted by Crippen LogP contribution is 2.29. The van der Waals surface area contributed by atoms with Gasteiger partial charge in [-0.05, 0) is 47.4 Å². The third-order valence-electron chi connectivity index (χ3n) is 4.00. The van der Waals surface area contributed by atoms with Crippen molar-refractivity contribution in [2.75, 3.05) is 6.54 Å². The number of hydrogen-bond donors (Lipinski definition) is 1. The molecule has 1 aromatic heterocycles. The Balaban J connectivity index is 2.30. The molecular weight excluding hydrogens is 238 g/mol. The number of nitrogens with zero attached hydrogens (tertiary/aromatic N) is 4. The van der Waals surface area contributed by atoms with Gasteiger partial charge in [0.05, 0.1) is 5.69 Å². The molecule has 0 spiro atoms. The van der Waals surface area contributed by atoms with Crippen LogP contribution in [0.1, 0.15) is 32.5 Å². The van der Waals surface area contributed by atoms with Gasteiger partial charge in [-0.15, -0.1) is 5.10 Å². The van der Waals surface area contributed by atoms with Crippen molar-refractivity contribution in [1.82, 2.24) is 20.2 Å². The average molecular weight is 259 g/mol. The molecule has 102 valence electrons. The molecule has 0 aliphatic carbocycles. The van der Waals surface area contributed by atoms with E-state index in [2.05, 4.69) is 29.4 Å². The first-order chi connectivity index (χ1) is 9.24. The molecule has 2 aromatic rings. The summed E-state index contributed by atoms with van der Waals surface area (Å²) in [7, 11) is 0. The first-order valence-corrected chi connectivity index (χ1v) is 6.77. The van der Waals surface area contributed by atoms with E-state index in [9.17, 15) is 0 Å². The summed E-state index contributed by atoms with van der Waals surface area (Å²) in [5.74, 6) is 0.875. The number of aromatic nitrogens is 4. The van der Waals surface area contributed by atoms with Crippen molar-refractivity contribution >= 4 is 0 Å². The van der Waals surface area contributed by atoms with E-state index in [-0.39, 0.29) is 5.41 Å². The van der Waals surface area contributed by atoms with Crippen LogP contribution < -0.4 is 5.73 Å². The molecule has 0 fully saturated rings. The summed E-state index contributed by atoms with van der Waals surface area (Å²) < 4.78 is 1.80. The van der Waals surface area contributed by atoms with Crippen LogP contribution in [0.5, 0.6) is 0 Å². The highest BCUT2D eigenvalue weighted by Gasteiger charge is 2.27. The second kappa shape index (κ2) is 5.93. The van der Waals surface area contributed by atoms with Crippen LogP contribution in [0.2, 0.25) is 0 Å². The second-order valence-electron chi connectivity index (χ2n) is 4.93. The zero-order valence-electron chi connectivity index (χ0n) is 11.6. The van der Waals surface area contributed by atoms with Crippen molar-refractivity contribution in [1.29, 1.82) is 0 Å². The van der Waals surface area contributed by atoms with Crippen LogP contribution in [0.4, 0.5) is 0 Å². The Morgan fingerprint density at radius 3 is 2.42 bits per heavy atom. The molecule has 1 heterocycles. The fraction of sp³-hybridized carbons (Fsp3) is 0.500. The van der Waals surface area contributed by atoms with Gasteiger partial charge in [-0.25, -0.2) is 0 Å². The van der Waals surface area contributed by atoms with Gasteiger partial charge >= 0.3 is 0 Å². The number of para-hydroxylation sites is 1. The van der Waals surface area contributed by atoms with E-state index in [4.69, 9.17) is 5.73 Å². The number of rotatable bonds is 6. The standard InChI is InChI=1S/C14H21N5/c1-3-14(4-2,11-15)10-13-16-17-18-19(13)12-8-6-5-7-9-12/h5-9H,3-4,10-11,15H2,1-2H3. The number of hydrogen-bond acceptors (Lipinski definition) is 4. The lowest BCUT2D eigenvalue weighted by molar-refractivity contribution is 0.263. The van der Waals surface area contributed by atoms with E-state index in [1.807, 2.05) is 30.3 Å². The summed E-state index contributed by atoms with van der Waals surface area (Å²) in [6, 6.07) is 9.95. The molecule has 0 unspecified atom stereocenters. The second-order valence-corrected chi connectivity index (χ2v) is 4.93. The zero-order chi connectivity index (χ0) is 13.7. The Kier molecular flexibility index (Phi) is 4.27. The predicted octanol–water partition coefficient (Wildman–Crippen LogP) is 1.97. The van der Waals surface area contributed by atoms with Crippen molar-refractivity contribution in [3.63, 3.8) is 0 Å². The number of benzene rings is 1. The van der Waals surface area contributed by atoms with Gasteiger partial charge in [0, 0.05) is 6.42 Å². The Bertz CT molecular complexity index is 493. The average Bonchev–Trinajstić information content (AvgIpc) is 2.94. The fourth-order valence-electron chi connectivity index (χ4n) is 2.28. The minimum atomic E-state index is 0.0846. The van der Waals surface area contributed by atoms with E-state index in [0.29, 0.717) is 6.54 Å². The van der Waals surface area contributed by atoms with Crippen LogP contribution in [0.25, 0.3) is 5.69 Å². The zero-order valence-corrected chi connectivity index (χ0v) is 11.6. The lowest BCUT2D eigenvalue weighted by Gasteiger charge is -2.29. The van der Waals surface area contributed by atoms with Gasteiger partial charge < -0.3 is 5.73 Å². The van der Waals surface area contributed by atoms with Gasteiger partial charge in [-0.1, -0.05) is 32.0 Å². The van der Waals surface area contributed by atoms with E-state index < -0.39 is 0 Å². The number of nitrogens with two attached hydrogens (primary N) is 1. The summed E-state index contributed by atoms with van der Waals surface area (Å²) in [5, 5.41) is 12.1. The molecular formula is C14H21N5. The van der Waals surface area contributed by atoms with Crippen molar-refractivity contribution in [3.05, 3.63) is 36.2 Å². The molecule has 0 amide bonds. The molecule has 0 aliphatic rings. The van der Waals surface area contributed by atoms with E-state index in [1.54, 1.807) is 4.68 Å². The Morgan fingerprint density at radius 2 is 1.84 bits per heavy atom. The maximum Gasteiger partial charge on any atom is 0.157 e. The molecule has 0 aliphatic heterocycles. The van der Waals surface area contributed by atoms with Crippen LogP contribution in [-0.4, -0.2) is 26.8 Å². The third-order valence-corrected chi connectivity index (χ3v) is 4.00. The summed E-state index contributed by atoms with van der Waals surface area (Å²) in [6.07, 6.45) is 2.86. The highest BCUT2D eigenvalue weighted by atomic mass is 15.5. The molecule has 1 aromatic carbocycles. The van der Waals surface area contributed by atoms with Crippen molar-refractivity contribution < 1.29 is 0 Å². The van der Waals surface area contributed by atoms with E-state index in [0.717, 1.165) is 30.8 Å². The molecule has 0 radical (unpaired) electrons. The lowest BCUT2D eigenvalue weighted by Crippen LogP contribution is -2.32. The molecule has 19 heavy (non-hydrogen) atoms. The van der Waals surface area contributed by atoms with Crippen LogP contribution in [0.15, 0.2) is 30.3 Å². The minimum absolute atomic E-state index is 0.0846. The van der Waals surface area contributed by atoms with Crippen molar-refractivity contribution in [2.45, 2.75) is 33.1 Å². The molecule has 0 saturated heterocycles. The van der Waals surface area contributed by atoms with E-state index in [1.165, 1.54) is 0 Å². The highest BCUT2D eigenvalue weighted by molar-refractivity contribution is 5.30. The van der Waals surface area contributed by atoms with Crippen LogP contribution in [0, 0.1) is 5.41 Å². The maximum absolute atomic E-state index is 5.96. The minimum Gasteiger partial charge on any atom is -0.330 e. The quantitative estimate of drug-likeness (QED) is 0.861. The summed E-state index contributed by atoms with van der Waals surface area (Å²) in [4.78, 5) is 0. The monoisotopic (exact) mass is 259 g/mol. The van der Waals surface area contributed by atoms with Crippen LogP contribution >= 0.6 is 0 Å². The molecule has 0 bridgehead atoms. The van der Waals surface area contributed by atoms with Gasteiger partial charge in [0.2, 0.25) is 0 Å². The molecule has 0 atom stereocenters. The normalized spacial score (nSPS) is 11.7. The molecule has 0 saturated carbocycles. The Morgan fingerprint density at radius 1 is 1.16 bits per heavy atom. The summed E-state index contributed by atoms with van der Waals surface area (Å²) >= 11 is 0. The molecule has 2 N–H and O–H groups in total. The van der Waals surface area contributed by atoms with Crippen molar-refractivity contribution in [2.24, 2.45) is 11.1 Å². The number of tetrazole rings is 1. The lowest BCUT2D eigenvalue weighted by atomic mass is 9.79. The van der Waals surface area contributed by atoms with Gasteiger partial charge in [-0.2, -0.15) is 4.68 Å². The largest absolute Gasteiger partial charge is 0.330 e. The first kappa shape index (κ1) is 13.7.